The summed E-state index contributed by atoms with van der Waals surface area (Å²) in [4.78, 5) is 21.7. The molecule has 0 radical (unpaired) electrons. The van der Waals surface area contributed by atoms with Crippen LogP contribution in [0.3, 0.4) is 0 Å². The Kier molecular flexibility index (Phi) is 8.89. The third-order valence-electron chi connectivity index (χ3n) is 6.79. The van der Waals surface area contributed by atoms with E-state index in [1.165, 1.54) is 5.01 Å². The first-order chi connectivity index (χ1) is 17.0. The lowest BCUT2D eigenvalue weighted by molar-refractivity contribution is -0.151. The van der Waals surface area contributed by atoms with Gasteiger partial charge in [0, 0.05) is 19.9 Å². The molecular weight excluding hydrogens is 462 g/mol. The van der Waals surface area contributed by atoms with E-state index in [0.29, 0.717) is 59.8 Å². The molecule has 1 aromatic rings. The van der Waals surface area contributed by atoms with Gasteiger partial charge in [-0.25, -0.2) is 10.8 Å². The van der Waals surface area contributed by atoms with Crippen molar-refractivity contribution < 1.29 is 19.5 Å². The maximum atomic E-state index is 11.7. The lowest BCUT2D eigenvalue weighted by atomic mass is 9.74. The van der Waals surface area contributed by atoms with Gasteiger partial charge in [-0.2, -0.15) is 0 Å². The van der Waals surface area contributed by atoms with Crippen molar-refractivity contribution in [3.63, 3.8) is 0 Å². The number of guanidine groups is 1. The van der Waals surface area contributed by atoms with Crippen molar-refractivity contribution >= 4 is 17.6 Å². The summed E-state index contributed by atoms with van der Waals surface area (Å²) in [5, 5.41) is 21.5. The van der Waals surface area contributed by atoms with Gasteiger partial charge in [0.05, 0.1) is 40.8 Å². The number of carbonyl (C=O) groups is 1. The number of hydrogen-bond donors (Lipinski definition) is 5. The van der Waals surface area contributed by atoms with Gasteiger partial charge in [-0.05, 0) is 62.7 Å². The number of nitrogens with two attached hydrogens (primary N) is 2. The molecule has 200 valence electrons. The van der Waals surface area contributed by atoms with E-state index in [1.54, 1.807) is 20.0 Å². The highest BCUT2D eigenvalue weighted by molar-refractivity contribution is 5.81. The largest absolute Gasteiger partial charge is 0.488 e. The van der Waals surface area contributed by atoms with Gasteiger partial charge in [0.1, 0.15) is 5.75 Å². The Morgan fingerprint density at radius 3 is 2.83 bits per heavy atom. The van der Waals surface area contributed by atoms with E-state index < -0.39 is 11.4 Å². The zero-order chi connectivity index (χ0) is 26.5. The van der Waals surface area contributed by atoms with Crippen LogP contribution in [0.1, 0.15) is 70.7 Å². The van der Waals surface area contributed by atoms with Gasteiger partial charge in [0.25, 0.3) is 0 Å². The van der Waals surface area contributed by atoms with Crippen LogP contribution in [0.15, 0.2) is 23.0 Å². The number of hydrogen-bond acceptors (Lipinski definition) is 10. The van der Waals surface area contributed by atoms with E-state index >= 15 is 0 Å². The molecule has 3 unspecified atom stereocenters. The zero-order valence-electron chi connectivity index (χ0n) is 22.0. The molecule has 1 fully saturated rings. The summed E-state index contributed by atoms with van der Waals surface area (Å²) in [6, 6.07) is 3.62. The Bertz CT molecular complexity index is 995. The van der Waals surface area contributed by atoms with Crippen LogP contribution in [0.25, 0.3) is 5.70 Å². The van der Waals surface area contributed by atoms with Crippen LogP contribution >= 0.6 is 0 Å². The standard InChI is InChI=1S/C25H41N7O4/c1-15(2)8-11-21-30-24(31-36-21)28-14-19(32(5)27)22(26)18-9-10-20(16(3)29-18)35-17-7-6-12-25(4,13-17)23(33)34/h9-10,15,17,21H,6-8,11-14,26-27H2,1-5H3,(H,33,34)(H2,28,30,31)/b22-19-. The number of carboxylic acid groups (broad SMARTS) is 1. The van der Waals surface area contributed by atoms with E-state index in [0.717, 1.165) is 25.7 Å². The Hall–Kier alpha value is -3.21. The van der Waals surface area contributed by atoms with E-state index in [1.807, 2.05) is 13.0 Å². The quantitative estimate of drug-likeness (QED) is 0.237. The molecule has 1 saturated carbocycles. The number of aromatic nitrogens is 1. The molecule has 7 N–H and O–H groups in total. The molecule has 2 aliphatic rings. The fourth-order valence-corrected chi connectivity index (χ4v) is 4.46. The molecule has 0 spiro atoms. The highest BCUT2D eigenvalue weighted by Gasteiger charge is 2.39. The third-order valence-corrected chi connectivity index (χ3v) is 6.79. The number of carboxylic acids is 1. The van der Waals surface area contributed by atoms with Crippen LogP contribution in [0.4, 0.5) is 0 Å². The average Bonchev–Trinajstić information content (AvgIpc) is 3.26. The first-order valence-corrected chi connectivity index (χ1v) is 12.6. The summed E-state index contributed by atoms with van der Waals surface area (Å²) in [7, 11) is 1.71. The topological polar surface area (TPSA) is 160 Å². The molecule has 0 saturated heterocycles. The molecule has 3 rings (SSSR count). The Morgan fingerprint density at radius 2 is 2.19 bits per heavy atom. The number of likely N-dealkylation sites (N-methyl/N-ethyl adjacent to an activating group) is 1. The zero-order valence-corrected chi connectivity index (χ0v) is 22.0. The van der Waals surface area contributed by atoms with Gasteiger partial charge in [-0.3, -0.25) is 4.79 Å². The molecule has 0 aromatic carbocycles. The second-order valence-electron chi connectivity index (χ2n) is 10.5. The van der Waals surface area contributed by atoms with Crippen molar-refractivity contribution in [2.75, 3.05) is 13.6 Å². The summed E-state index contributed by atoms with van der Waals surface area (Å²) >= 11 is 0. The Balaban J connectivity index is 1.65. The number of ether oxygens (including phenoxy) is 1. The van der Waals surface area contributed by atoms with Crippen molar-refractivity contribution in [3.8, 4) is 5.75 Å². The molecule has 1 aromatic heterocycles. The van der Waals surface area contributed by atoms with Crippen LogP contribution < -0.4 is 26.9 Å². The number of aliphatic carboxylic acids is 1. The molecular formula is C25H41N7O4. The third kappa shape index (κ3) is 6.93. The van der Waals surface area contributed by atoms with Crippen LogP contribution in [-0.4, -0.2) is 53.0 Å². The monoisotopic (exact) mass is 503 g/mol. The summed E-state index contributed by atoms with van der Waals surface area (Å²) in [6.07, 6.45) is 4.35. The summed E-state index contributed by atoms with van der Waals surface area (Å²) < 4.78 is 6.17. The molecule has 11 nitrogen and oxygen atoms in total. The SMILES string of the molecule is Cc1nc(/C(N)=C(\CNC2=NOC(CCC(C)C)N2)N(C)N)ccc1OC1CCCC(C)(C(=O)O)C1. The highest BCUT2D eigenvalue weighted by Crippen LogP contribution is 2.38. The second kappa shape index (κ2) is 11.7. The predicted molar refractivity (Wildman–Crippen MR) is 138 cm³/mol. The fraction of sp³-hybridized carbons (Fsp3) is 0.640. The van der Waals surface area contributed by atoms with Gasteiger partial charge in [0.2, 0.25) is 5.96 Å². The van der Waals surface area contributed by atoms with Crippen molar-refractivity contribution in [1.82, 2.24) is 20.6 Å². The van der Waals surface area contributed by atoms with Crippen molar-refractivity contribution in [2.45, 2.75) is 78.6 Å². The predicted octanol–water partition coefficient (Wildman–Crippen LogP) is 2.48. The number of rotatable bonds is 10. The number of pyridine rings is 1. The van der Waals surface area contributed by atoms with Gasteiger partial charge in [0.15, 0.2) is 6.23 Å². The van der Waals surface area contributed by atoms with Crippen LogP contribution in [0.2, 0.25) is 0 Å². The number of aryl methyl sites for hydroxylation is 1. The van der Waals surface area contributed by atoms with E-state index in [-0.39, 0.29) is 12.3 Å². The van der Waals surface area contributed by atoms with E-state index in [9.17, 15) is 9.90 Å². The highest BCUT2D eigenvalue weighted by atomic mass is 16.7. The maximum Gasteiger partial charge on any atom is 0.309 e. The number of nitrogens with zero attached hydrogens (tertiary/aromatic N) is 3. The smallest absolute Gasteiger partial charge is 0.309 e. The van der Waals surface area contributed by atoms with E-state index in [4.69, 9.17) is 21.2 Å². The van der Waals surface area contributed by atoms with Gasteiger partial charge in [-0.15, -0.1) is 0 Å². The maximum absolute atomic E-state index is 11.7. The van der Waals surface area contributed by atoms with Gasteiger partial charge < -0.3 is 36.1 Å². The van der Waals surface area contributed by atoms with Gasteiger partial charge >= 0.3 is 5.97 Å². The Morgan fingerprint density at radius 1 is 1.44 bits per heavy atom. The lowest BCUT2D eigenvalue weighted by Gasteiger charge is -2.35. The van der Waals surface area contributed by atoms with Crippen LogP contribution in [-0.2, 0) is 9.63 Å². The minimum absolute atomic E-state index is 0.148. The molecule has 1 aliphatic carbocycles. The molecule has 3 atom stereocenters. The minimum atomic E-state index is -0.776. The van der Waals surface area contributed by atoms with Crippen LogP contribution in [0, 0.1) is 18.3 Å². The second-order valence-corrected chi connectivity index (χ2v) is 10.5. The van der Waals surface area contributed by atoms with E-state index in [2.05, 4.69) is 34.6 Å². The molecule has 1 aliphatic heterocycles. The van der Waals surface area contributed by atoms with Gasteiger partial charge in [-0.1, -0.05) is 13.8 Å². The molecule has 0 amide bonds. The summed E-state index contributed by atoms with van der Waals surface area (Å²) in [5.41, 5.74) is 8.01. The molecule has 11 heteroatoms. The molecule has 36 heavy (non-hydrogen) atoms. The number of nitrogens with one attached hydrogen (secondary N) is 2. The normalized spacial score (nSPS) is 24.4. The van der Waals surface area contributed by atoms with Crippen molar-refractivity contribution in [3.05, 3.63) is 29.2 Å². The van der Waals surface area contributed by atoms with Crippen LogP contribution in [0.5, 0.6) is 5.75 Å². The average molecular weight is 504 g/mol. The summed E-state index contributed by atoms with van der Waals surface area (Å²) in [6.45, 7) is 8.30. The fourth-order valence-electron chi connectivity index (χ4n) is 4.46. The van der Waals surface area contributed by atoms with Crippen molar-refractivity contribution in [1.29, 1.82) is 0 Å². The number of hydrazine groups is 1. The first-order valence-electron chi connectivity index (χ1n) is 12.6. The van der Waals surface area contributed by atoms with Crippen molar-refractivity contribution in [2.24, 2.45) is 28.1 Å². The number of oxime groups is 1. The lowest BCUT2D eigenvalue weighted by Crippen LogP contribution is -2.42. The summed E-state index contributed by atoms with van der Waals surface area (Å²) in [5.74, 6) is 7.05. The first kappa shape index (κ1) is 27.4. The molecule has 2 heterocycles. The Labute approximate surface area is 213 Å². The molecule has 0 bridgehead atoms. The minimum Gasteiger partial charge on any atom is -0.488 e.